The maximum Gasteiger partial charge on any atom is 0.253 e. The highest BCUT2D eigenvalue weighted by atomic mass is 16.5. The van der Waals surface area contributed by atoms with Crippen LogP contribution in [0.25, 0.3) is 11.3 Å². The maximum atomic E-state index is 13.0. The Morgan fingerprint density at radius 2 is 1.74 bits per heavy atom. The minimum absolute atomic E-state index is 0.0908. The summed E-state index contributed by atoms with van der Waals surface area (Å²) in [6.07, 6.45) is 0.909. The van der Waals surface area contributed by atoms with Crippen LogP contribution in [-0.4, -0.2) is 68.4 Å². The summed E-state index contributed by atoms with van der Waals surface area (Å²) in [5, 5.41) is 7.65. The number of carbonyl (C=O) groups excluding carboxylic acids is 1. The van der Waals surface area contributed by atoms with Gasteiger partial charge in [-0.2, -0.15) is 5.10 Å². The predicted octanol–water partition coefficient (Wildman–Crippen LogP) is 3.50. The summed E-state index contributed by atoms with van der Waals surface area (Å²) in [6, 6.07) is 17.8. The van der Waals surface area contributed by atoms with Gasteiger partial charge in [-0.3, -0.25) is 9.89 Å². The van der Waals surface area contributed by atoms with E-state index in [4.69, 9.17) is 4.74 Å². The van der Waals surface area contributed by atoms with Crippen LogP contribution in [0.4, 0.5) is 11.5 Å². The fraction of sp³-hybridized carbons (Fsp3) is 0.333. The average molecular weight is 420 g/mol. The lowest BCUT2D eigenvalue weighted by Crippen LogP contribution is -2.35. The SMILES string of the molecule is COc1ccc(-c2cc(N3CCCN(C(=O)c4ccc(N(C)C)cc4)CC3)n[nH]2)cc1. The van der Waals surface area contributed by atoms with Gasteiger partial charge in [-0.05, 0) is 60.5 Å². The maximum absolute atomic E-state index is 13.0. The van der Waals surface area contributed by atoms with E-state index >= 15 is 0 Å². The zero-order valence-corrected chi connectivity index (χ0v) is 18.3. The number of benzene rings is 2. The summed E-state index contributed by atoms with van der Waals surface area (Å²) in [4.78, 5) is 19.2. The number of aromatic amines is 1. The van der Waals surface area contributed by atoms with E-state index < -0.39 is 0 Å². The molecule has 0 bridgehead atoms. The fourth-order valence-corrected chi connectivity index (χ4v) is 3.83. The van der Waals surface area contributed by atoms with Gasteiger partial charge in [0, 0.05) is 57.6 Å². The first-order chi connectivity index (χ1) is 15.0. The van der Waals surface area contributed by atoms with E-state index in [1.165, 1.54) is 0 Å². The first-order valence-corrected chi connectivity index (χ1v) is 10.6. The third-order valence-electron chi connectivity index (χ3n) is 5.70. The standard InChI is InChI=1S/C24H29N5O2/c1-27(2)20-9-5-19(6-10-20)24(30)29-14-4-13-28(15-16-29)23-17-22(25-26-23)18-7-11-21(31-3)12-8-18/h5-12,17H,4,13-16H2,1-3H3,(H,25,26). The number of nitrogens with zero attached hydrogens (tertiary/aromatic N) is 4. The first kappa shape index (κ1) is 20.8. The third kappa shape index (κ3) is 4.66. The molecule has 0 unspecified atom stereocenters. The number of carbonyl (C=O) groups is 1. The summed E-state index contributed by atoms with van der Waals surface area (Å²) in [5.74, 6) is 1.83. The van der Waals surface area contributed by atoms with Gasteiger partial charge >= 0.3 is 0 Å². The Bertz CT molecular complexity index is 1010. The summed E-state index contributed by atoms with van der Waals surface area (Å²) in [6.45, 7) is 3.06. The van der Waals surface area contributed by atoms with Crippen LogP contribution >= 0.6 is 0 Å². The molecule has 0 saturated carbocycles. The zero-order valence-electron chi connectivity index (χ0n) is 18.3. The van der Waals surface area contributed by atoms with Gasteiger partial charge in [0.15, 0.2) is 5.82 Å². The Labute approximate surface area is 183 Å². The van der Waals surface area contributed by atoms with Gasteiger partial charge in [-0.1, -0.05) is 0 Å². The molecule has 1 amide bonds. The molecule has 0 atom stereocenters. The molecular formula is C24H29N5O2. The van der Waals surface area contributed by atoms with E-state index in [9.17, 15) is 4.79 Å². The number of amides is 1. The van der Waals surface area contributed by atoms with Gasteiger partial charge < -0.3 is 19.4 Å². The number of hydrogen-bond donors (Lipinski definition) is 1. The topological polar surface area (TPSA) is 64.7 Å². The molecule has 4 rings (SSSR count). The summed E-state index contributed by atoms with van der Waals surface area (Å²) < 4.78 is 5.23. The van der Waals surface area contributed by atoms with Crippen LogP contribution < -0.4 is 14.5 Å². The third-order valence-corrected chi connectivity index (χ3v) is 5.70. The van der Waals surface area contributed by atoms with Crippen LogP contribution in [0.3, 0.4) is 0 Å². The highest BCUT2D eigenvalue weighted by molar-refractivity contribution is 5.94. The summed E-state index contributed by atoms with van der Waals surface area (Å²) in [7, 11) is 5.65. The van der Waals surface area contributed by atoms with Crippen molar-refractivity contribution in [2.45, 2.75) is 6.42 Å². The van der Waals surface area contributed by atoms with E-state index in [2.05, 4.69) is 21.2 Å². The van der Waals surface area contributed by atoms with Crippen LogP contribution in [0.2, 0.25) is 0 Å². The molecule has 1 aromatic heterocycles. The number of methoxy groups -OCH3 is 1. The van der Waals surface area contributed by atoms with E-state index in [-0.39, 0.29) is 5.91 Å². The number of ether oxygens (including phenoxy) is 1. The first-order valence-electron chi connectivity index (χ1n) is 10.6. The molecule has 1 saturated heterocycles. The molecular weight excluding hydrogens is 390 g/mol. The summed E-state index contributed by atoms with van der Waals surface area (Å²) in [5.41, 5.74) is 3.86. The number of nitrogens with one attached hydrogen (secondary N) is 1. The molecule has 1 N–H and O–H groups in total. The molecule has 7 nitrogen and oxygen atoms in total. The van der Waals surface area contributed by atoms with Crippen molar-refractivity contribution in [2.75, 3.05) is 57.2 Å². The highest BCUT2D eigenvalue weighted by Crippen LogP contribution is 2.25. The van der Waals surface area contributed by atoms with Crippen LogP contribution in [0.5, 0.6) is 5.75 Å². The second-order valence-electron chi connectivity index (χ2n) is 7.94. The van der Waals surface area contributed by atoms with Crippen molar-refractivity contribution in [1.82, 2.24) is 15.1 Å². The molecule has 1 aliphatic rings. The molecule has 0 aliphatic carbocycles. The molecule has 0 radical (unpaired) electrons. The second kappa shape index (κ2) is 9.12. The zero-order chi connectivity index (χ0) is 21.8. The minimum atomic E-state index is 0.0908. The lowest BCUT2D eigenvalue weighted by Gasteiger charge is -2.22. The Kier molecular flexibility index (Phi) is 6.11. The lowest BCUT2D eigenvalue weighted by atomic mass is 10.1. The van der Waals surface area contributed by atoms with Crippen molar-refractivity contribution < 1.29 is 9.53 Å². The molecule has 1 fully saturated rings. The van der Waals surface area contributed by atoms with Gasteiger partial charge in [0.2, 0.25) is 0 Å². The quantitative estimate of drug-likeness (QED) is 0.686. The molecule has 0 spiro atoms. The Morgan fingerprint density at radius 1 is 1.00 bits per heavy atom. The Balaban J connectivity index is 1.41. The van der Waals surface area contributed by atoms with Gasteiger partial charge in [0.25, 0.3) is 5.91 Å². The van der Waals surface area contributed by atoms with Crippen LogP contribution in [-0.2, 0) is 0 Å². The van der Waals surface area contributed by atoms with Crippen LogP contribution in [0, 0.1) is 0 Å². The number of anilines is 2. The molecule has 3 aromatic rings. The molecule has 162 valence electrons. The van der Waals surface area contributed by atoms with E-state index in [0.717, 1.165) is 60.1 Å². The van der Waals surface area contributed by atoms with Crippen molar-refractivity contribution >= 4 is 17.4 Å². The molecule has 2 heterocycles. The number of hydrogen-bond acceptors (Lipinski definition) is 5. The van der Waals surface area contributed by atoms with E-state index in [0.29, 0.717) is 6.54 Å². The van der Waals surface area contributed by atoms with Crippen molar-refractivity contribution in [3.63, 3.8) is 0 Å². The van der Waals surface area contributed by atoms with Gasteiger partial charge in [0.1, 0.15) is 5.75 Å². The summed E-state index contributed by atoms with van der Waals surface area (Å²) >= 11 is 0. The minimum Gasteiger partial charge on any atom is -0.497 e. The van der Waals surface area contributed by atoms with Gasteiger partial charge in [0.05, 0.1) is 12.8 Å². The monoisotopic (exact) mass is 419 g/mol. The van der Waals surface area contributed by atoms with Crippen molar-refractivity contribution in [3.05, 3.63) is 60.2 Å². The fourth-order valence-electron chi connectivity index (χ4n) is 3.83. The number of H-pyrrole nitrogens is 1. The largest absolute Gasteiger partial charge is 0.497 e. The number of aromatic nitrogens is 2. The molecule has 2 aromatic carbocycles. The average Bonchev–Trinajstić information content (AvgIpc) is 3.17. The molecule has 31 heavy (non-hydrogen) atoms. The van der Waals surface area contributed by atoms with Crippen molar-refractivity contribution in [2.24, 2.45) is 0 Å². The second-order valence-corrected chi connectivity index (χ2v) is 7.94. The predicted molar refractivity (Wildman–Crippen MR) is 124 cm³/mol. The van der Waals surface area contributed by atoms with Crippen LogP contribution in [0.15, 0.2) is 54.6 Å². The smallest absolute Gasteiger partial charge is 0.253 e. The van der Waals surface area contributed by atoms with E-state index in [1.807, 2.05) is 72.4 Å². The van der Waals surface area contributed by atoms with E-state index in [1.54, 1.807) is 7.11 Å². The van der Waals surface area contributed by atoms with Gasteiger partial charge in [-0.15, -0.1) is 0 Å². The Hall–Kier alpha value is -3.48. The van der Waals surface area contributed by atoms with Crippen molar-refractivity contribution in [1.29, 1.82) is 0 Å². The van der Waals surface area contributed by atoms with Crippen molar-refractivity contribution in [3.8, 4) is 17.0 Å². The molecule has 1 aliphatic heterocycles. The van der Waals surface area contributed by atoms with Crippen LogP contribution in [0.1, 0.15) is 16.8 Å². The normalized spacial score (nSPS) is 14.3. The highest BCUT2D eigenvalue weighted by Gasteiger charge is 2.22. The Morgan fingerprint density at radius 3 is 2.42 bits per heavy atom. The number of rotatable bonds is 5. The molecule has 7 heteroatoms. The lowest BCUT2D eigenvalue weighted by molar-refractivity contribution is 0.0767. The van der Waals surface area contributed by atoms with Gasteiger partial charge in [-0.25, -0.2) is 0 Å².